The normalized spacial score (nSPS) is 12.5. The fourth-order valence-electron chi connectivity index (χ4n) is 3.28. The highest BCUT2D eigenvalue weighted by Gasteiger charge is 2.32. The number of hydrogen-bond donors (Lipinski definition) is 1. The smallest absolute Gasteiger partial charge is 0.311 e. The molecule has 32 heavy (non-hydrogen) atoms. The topological polar surface area (TPSA) is 86.0 Å². The molecule has 0 aliphatic rings. The SMILES string of the molecule is CC(C)(C)c1cc(OC[Si](C)(C)c2ccco2)cc(C(C)(C)C)c1OC(=O)CCC(=O)O. The van der Waals surface area contributed by atoms with E-state index in [2.05, 4.69) is 54.6 Å². The summed E-state index contributed by atoms with van der Waals surface area (Å²) < 4.78 is 17.7. The molecule has 6 nitrogen and oxygen atoms in total. The van der Waals surface area contributed by atoms with E-state index in [9.17, 15) is 9.59 Å². The van der Waals surface area contributed by atoms with Gasteiger partial charge in [-0.15, -0.1) is 0 Å². The van der Waals surface area contributed by atoms with E-state index >= 15 is 0 Å². The molecule has 0 bridgehead atoms. The molecule has 176 valence electrons. The first-order valence-electron chi connectivity index (χ1n) is 10.9. The maximum Gasteiger partial charge on any atom is 0.311 e. The number of aliphatic carboxylic acids is 1. The number of carbonyl (C=O) groups is 2. The quantitative estimate of drug-likeness (QED) is 0.332. The van der Waals surface area contributed by atoms with Gasteiger partial charge in [-0.3, -0.25) is 9.59 Å². The number of rotatable bonds is 8. The average Bonchev–Trinajstić information content (AvgIpc) is 3.19. The Bertz CT molecular complexity index is 911. The van der Waals surface area contributed by atoms with Gasteiger partial charge in [0.15, 0.2) is 8.07 Å². The van der Waals surface area contributed by atoms with Crippen LogP contribution in [-0.2, 0) is 20.4 Å². The Balaban J connectivity index is 2.45. The standard InChI is InChI=1S/C25H36O6Si/c1-24(2,3)18-14-17(30-16-32(7,8)22-10-9-13-29-22)15-19(25(4,5)6)23(18)31-21(28)12-11-20(26)27/h9-10,13-15H,11-12,16H2,1-8H3,(H,26,27). The Kier molecular flexibility index (Phi) is 7.65. The Labute approximate surface area is 191 Å². The zero-order valence-corrected chi connectivity index (χ0v) is 21.5. The molecule has 7 heteroatoms. The van der Waals surface area contributed by atoms with Gasteiger partial charge in [-0.2, -0.15) is 0 Å². The average molecular weight is 461 g/mol. The fraction of sp³-hybridized carbons (Fsp3) is 0.520. The van der Waals surface area contributed by atoms with E-state index in [1.54, 1.807) is 6.26 Å². The lowest BCUT2D eigenvalue weighted by atomic mass is 9.79. The van der Waals surface area contributed by atoms with Crippen molar-refractivity contribution < 1.29 is 28.6 Å². The number of carboxylic acid groups (broad SMARTS) is 1. The molecule has 1 aromatic carbocycles. The third-order valence-electron chi connectivity index (χ3n) is 5.23. The number of hydrogen-bond acceptors (Lipinski definition) is 5. The molecular formula is C25H36O6Si. The number of carboxylic acids is 1. The summed E-state index contributed by atoms with van der Waals surface area (Å²) in [5.74, 6) is -0.364. The fourth-order valence-corrected chi connectivity index (χ4v) is 4.89. The van der Waals surface area contributed by atoms with Crippen LogP contribution in [0.5, 0.6) is 11.5 Å². The summed E-state index contributed by atoms with van der Waals surface area (Å²) in [5.41, 5.74) is 1.05. The van der Waals surface area contributed by atoms with Crippen LogP contribution < -0.4 is 14.9 Å². The molecule has 0 atom stereocenters. The molecule has 2 aromatic rings. The van der Waals surface area contributed by atoms with E-state index in [0.717, 1.165) is 22.3 Å². The monoisotopic (exact) mass is 460 g/mol. The summed E-state index contributed by atoms with van der Waals surface area (Å²) in [6.07, 6.45) is 1.80. The van der Waals surface area contributed by atoms with Crippen LogP contribution in [0.15, 0.2) is 34.9 Å². The highest BCUT2D eigenvalue weighted by Crippen LogP contribution is 2.43. The largest absolute Gasteiger partial charge is 0.497 e. The van der Waals surface area contributed by atoms with Crippen molar-refractivity contribution in [2.45, 2.75) is 78.3 Å². The number of carbonyl (C=O) groups excluding carboxylic acids is 1. The number of benzene rings is 1. The van der Waals surface area contributed by atoms with E-state index in [1.807, 2.05) is 24.3 Å². The Morgan fingerprint density at radius 2 is 1.56 bits per heavy atom. The number of ether oxygens (including phenoxy) is 2. The van der Waals surface area contributed by atoms with Gasteiger partial charge in [-0.05, 0) is 35.1 Å². The van der Waals surface area contributed by atoms with Crippen molar-refractivity contribution in [1.29, 1.82) is 0 Å². The summed E-state index contributed by atoms with van der Waals surface area (Å²) >= 11 is 0. The van der Waals surface area contributed by atoms with Gasteiger partial charge in [0.25, 0.3) is 0 Å². The third kappa shape index (κ3) is 6.73. The lowest BCUT2D eigenvalue weighted by molar-refractivity contribution is -0.142. The number of esters is 1. The Morgan fingerprint density at radius 3 is 2.00 bits per heavy atom. The van der Waals surface area contributed by atoms with Crippen LogP contribution in [-0.4, -0.2) is 31.3 Å². The molecule has 1 heterocycles. The van der Waals surface area contributed by atoms with E-state index in [0.29, 0.717) is 12.0 Å². The van der Waals surface area contributed by atoms with Gasteiger partial charge in [0.1, 0.15) is 11.5 Å². The minimum Gasteiger partial charge on any atom is -0.497 e. The summed E-state index contributed by atoms with van der Waals surface area (Å²) in [4.78, 5) is 23.3. The van der Waals surface area contributed by atoms with Crippen LogP contribution in [0.3, 0.4) is 0 Å². The van der Waals surface area contributed by atoms with Gasteiger partial charge in [-0.25, -0.2) is 0 Å². The number of furan rings is 1. The van der Waals surface area contributed by atoms with Crippen molar-refractivity contribution in [1.82, 2.24) is 0 Å². The maximum atomic E-state index is 12.4. The summed E-state index contributed by atoms with van der Waals surface area (Å²) in [7, 11) is -1.93. The predicted octanol–water partition coefficient (Wildman–Crippen LogP) is 5.18. The first-order valence-corrected chi connectivity index (χ1v) is 14.1. The van der Waals surface area contributed by atoms with Crippen molar-refractivity contribution in [2.75, 3.05) is 6.23 Å². The first kappa shape index (κ1) is 25.7. The minimum absolute atomic E-state index is 0.177. The summed E-state index contributed by atoms with van der Waals surface area (Å²) in [6.45, 7) is 16.7. The molecule has 0 spiro atoms. The van der Waals surface area contributed by atoms with Gasteiger partial charge in [0.2, 0.25) is 0 Å². The zero-order chi connectivity index (χ0) is 24.3. The molecule has 0 aliphatic carbocycles. The molecule has 0 aliphatic heterocycles. The first-order chi connectivity index (χ1) is 14.6. The summed E-state index contributed by atoms with van der Waals surface area (Å²) in [6, 6.07) is 7.76. The van der Waals surface area contributed by atoms with E-state index in [-0.39, 0.29) is 23.7 Å². The van der Waals surface area contributed by atoms with Gasteiger partial charge in [0.05, 0.1) is 30.7 Å². The van der Waals surface area contributed by atoms with Crippen LogP contribution in [0, 0.1) is 0 Å². The van der Waals surface area contributed by atoms with Crippen molar-refractivity contribution in [3.63, 3.8) is 0 Å². The molecule has 0 saturated carbocycles. The maximum absolute atomic E-state index is 12.4. The molecule has 1 aromatic heterocycles. The van der Waals surface area contributed by atoms with Crippen molar-refractivity contribution in [3.8, 4) is 11.5 Å². The van der Waals surface area contributed by atoms with Gasteiger partial charge >= 0.3 is 11.9 Å². The summed E-state index contributed by atoms with van der Waals surface area (Å²) in [5, 5.41) is 9.88. The van der Waals surface area contributed by atoms with Crippen LogP contribution in [0.25, 0.3) is 0 Å². The predicted molar refractivity (Wildman–Crippen MR) is 128 cm³/mol. The second-order valence-electron chi connectivity index (χ2n) is 10.9. The Hall–Kier alpha value is -2.54. The second-order valence-corrected chi connectivity index (χ2v) is 15.4. The van der Waals surface area contributed by atoms with Gasteiger partial charge in [0, 0.05) is 11.1 Å². The molecule has 0 amide bonds. The van der Waals surface area contributed by atoms with Crippen molar-refractivity contribution >= 4 is 25.4 Å². The molecule has 0 unspecified atom stereocenters. The van der Waals surface area contributed by atoms with E-state index in [1.165, 1.54) is 0 Å². The molecule has 1 N–H and O–H groups in total. The third-order valence-corrected chi connectivity index (χ3v) is 7.71. The van der Waals surface area contributed by atoms with Gasteiger partial charge < -0.3 is 19.0 Å². The van der Waals surface area contributed by atoms with Crippen LogP contribution >= 0.6 is 0 Å². The lowest BCUT2D eigenvalue weighted by Gasteiger charge is -2.30. The molecule has 0 saturated heterocycles. The van der Waals surface area contributed by atoms with Crippen LogP contribution in [0.2, 0.25) is 13.1 Å². The van der Waals surface area contributed by atoms with E-state index < -0.39 is 20.0 Å². The van der Waals surface area contributed by atoms with Crippen molar-refractivity contribution in [2.24, 2.45) is 0 Å². The highest BCUT2D eigenvalue weighted by atomic mass is 28.3. The molecule has 0 fully saturated rings. The molecule has 2 rings (SSSR count). The van der Waals surface area contributed by atoms with E-state index in [4.69, 9.17) is 19.0 Å². The Morgan fingerprint density at radius 1 is 1.00 bits per heavy atom. The van der Waals surface area contributed by atoms with Crippen LogP contribution in [0.4, 0.5) is 0 Å². The second kappa shape index (κ2) is 9.53. The van der Waals surface area contributed by atoms with Crippen molar-refractivity contribution in [3.05, 3.63) is 41.7 Å². The minimum atomic E-state index is -1.93. The lowest BCUT2D eigenvalue weighted by Crippen LogP contribution is -2.46. The molecule has 0 radical (unpaired) electrons. The molecular weight excluding hydrogens is 424 g/mol. The highest BCUT2D eigenvalue weighted by molar-refractivity contribution is 6.88. The van der Waals surface area contributed by atoms with Crippen LogP contribution in [0.1, 0.15) is 65.5 Å². The van der Waals surface area contributed by atoms with Gasteiger partial charge in [-0.1, -0.05) is 54.6 Å². The zero-order valence-electron chi connectivity index (χ0n) is 20.5.